The van der Waals surface area contributed by atoms with Crippen molar-refractivity contribution in [2.45, 2.75) is 50.1 Å². The maximum Gasteiger partial charge on any atom is 0.287 e. The fourth-order valence-electron chi connectivity index (χ4n) is 4.89. The van der Waals surface area contributed by atoms with Crippen LogP contribution in [0.1, 0.15) is 43.7 Å². The molecule has 2 aromatic carbocycles. The Bertz CT molecular complexity index is 1550. The summed E-state index contributed by atoms with van der Waals surface area (Å²) < 4.78 is 45.0. The van der Waals surface area contributed by atoms with E-state index in [1.165, 1.54) is 44.6 Å². The van der Waals surface area contributed by atoms with Crippen molar-refractivity contribution >= 4 is 50.2 Å². The molecule has 2 N–H and O–H groups in total. The fourth-order valence-corrected chi connectivity index (χ4v) is 6.82. The van der Waals surface area contributed by atoms with Crippen LogP contribution >= 0.6 is 11.6 Å². The molecule has 2 heterocycles. The molecular weight excluding hydrogens is 586 g/mol. The first-order valence-corrected chi connectivity index (χ1v) is 15.3. The molecule has 2 atom stereocenters. The number of carbonyl (C=O) groups excluding carboxylic acids is 3. The van der Waals surface area contributed by atoms with Crippen molar-refractivity contribution in [2.24, 2.45) is 5.92 Å². The second-order valence-corrected chi connectivity index (χ2v) is 12.7. The van der Waals surface area contributed by atoms with E-state index >= 15 is 0 Å². The zero-order chi connectivity index (χ0) is 30.6. The molecule has 0 saturated carbocycles. The van der Waals surface area contributed by atoms with Gasteiger partial charge in [-0.05, 0) is 62.1 Å². The molecule has 3 aromatic rings. The van der Waals surface area contributed by atoms with Gasteiger partial charge in [0.05, 0.1) is 25.7 Å². The van der Waals surface area contributed by atoms with E-state index in [9.17, 15) is 22.8 Å². The number of methoxy groups -OCH3 is 2. The molecule has 13 heteroatoms. The van der Waals surface area contributed by atoms with E-state index in [1.807, 2.05) is 13.8 Å². The van der Waals surface area contributed by atoms with E-state index in [0.29, 0.717) is 39.7 Å². The Balaban J connectivity index is 1.73. The smallest absolute Gasteiger partial charge is 0.287 e. The number of benzene rings is 2. The molecule has 1 aliphatic heterocycles. The van der Waals surface area contributed by atoms with Gasteiger partial charge in [-0.25, -0.2) is 12.7 Å². The largest absolute Gasteiger partial charge is 0.493 e. The van der Waals surface area contributed by atoms with Crippen molar-refractivity contribution < 1.29 is 36.7 Å². The number of hydrogen-bond acceptors (Lipinski definition) is 9. The van der Waals surface area contributed by atoms with Crippen molar-refractivity contribution in [3.05, 3.63) is 53.2 Å². The maximum atomic E-state index is 14.2. The molecule has 1 unspecified atom stereocenters. The van der Waals surface area contributed by atoms with E-state index in [4.69, 9.17) is 25.5 Å². The lowest BCUT2D eigenvalue weighted by atomic mass is 10.0. The molecule has 0 spiro atoms. The second-order valence-electron chi connectivity index (χ2n) is 10.4. The molecule has 1 aromatic heterocycles. The first-order chi connectivity index (χ1) is 20.0. The van der Waals surface area contributed by atoms with Crippen LogP contribution in [0.4, 0.5) is 0 Å². The molecule has 1 fully saturated rings. The minimum absolute atomic E-state index is 0.0906. The molecule has 0 aliphatic carbocycles. The number of hydrogen-bond donors (Lipinski definition) is 2. The number of nitrogens with zero attached hydrogens (tertiary/aromatic N) is 1. The highest BCUT2D eigenvalue weighted by Crippen LogP contribution is 2.34. The van der Waals surface area contributed by atoms with Gasteiger partial charge in [-0.2, -0.15) is 0 Å². The average Bonchev–Trinajstić information content (AvgIpc) is 3.26. The second kappa shape index (κ2) is 13.1. The standard InChI is InChI=1S/C29H34ClN3O8S/c1-17(2)11-21(32-28(35)27-13-18-12-25(39-3)26(40-4)15-24(18)41-27)29(36)33(22-9-6-10-31-16-23(22)34)42(37,38)20-8-5-7-19(30)14-20/h5,7-8,12-15,17,21-22,31H,6,9-11,16H2,1-4H3,(H,32,35)/t21?,22-/m0/s1. The zero-order valence-corrected chi connectivity index (χ0v) is 25.4. The molecule has 11 nitrogen and oxygen atoms in total. The highest BCUT2D eigenvalue weighted by atomic mass is 35.5. The third-order valence-corrected chi connectivity index (χ3v) is 8.95. The first-order valence-electron chi connectivity index (χ1n) is 13.5. The monoisotopic (exact) mass is 619 g/mol. The lowest BCUT2D eigenvalue weighted by molar-refractivity contribution is -0.135. The normalized spacial score (nSPS) is 16.6. The predicted octanol–water partition coefficient (Wildman–Crippen LogP) is 3.79. The van der Waals surface area contributed by atoms with E-state index in [1.54, 1.807) is 12.1 Å². The van der Waals surface area contributed by atoms with Gasteiger partial charge in [0.2, 0.25) is 0 Å². The highest BCUT2D eigenvalue weighted by molar-refractivity contribution is 7.89. The number of fused-ring (bicyclic) bond motifs is 1. The molecule has 2 amide bonds. The average molecular weight is 620 g/mol. The summed E-state index contributed by atoms with van der Waals surface area (Å²) in [7, 11) is -1.58. The molecular formula is C29H34ClN3O8S. The molecule has 1 saturated heterocycles. The van der Waals surface area contributed by atoms with E-state index in [0.717, 1.165) is 0 Å². The number of sulfonamides is 1. The lowest BCUT2D eigenvalue weighted by Gasteiger charge is -2.33. The van der Waals surface area contributed by atoms with Crippen LogP contribution < -0.4 is 20.1 Å². The minimum Gasteiger partial charge on any atom is -0.493 e. The van der Waals surface area contributed by atoms with Crippen LogP contribution in [-0.2, 0) is 19.6 Å². The van der Waals surface area contributed by atoms with Crippen molar-refractivity contribution in [1.29, 1.82) is 0 Å². The SMILES string of the molecule is COc1cc2cc(C(=O)NC(CC(C)C)C(=O)N([C@H]3CCCNCC3=O)S(=O)(=O)c3cccc(Cl)c3)oc2cc1OC. The Morgan fingerprint density at radius 2 is 1.86 bits per heavy atom. The summed E-state index contributed by atoms with van der Waals surface area (Å²) in [5, 5.41) is 6.34. The van der Waals surface area contributed by atoms with Crippen molar-refractivity contribution in [3.8, 4) is 11.5 Å². The lowest BCUT2D eigenvalue weighted by Crippen LogP contribution is -2.56. The zero-order valence-electron chi connectivity index (χ0n) is 23.8. The van der Waals surface area contributed by atoms with Crippen LogP contribution in [0, 0.1) is 5.92 Å². The number of Topliss-reactive ketones (excluding diaryl/α,β-unsaturated/α-hetero) is 1. The summed E-state index contributed by atoms with van der Waals surface area (Å²) in [4.78, 5) is 40.5. The Labute approximate surface area is 249 Å². The van der Waals surface area contributed by atoms with Crippen molar-refractivity contribution in [3.63, 3.8) is 0 Å². The van der Waals surface area contributed by atoms with Gasteiger partial charge in [0.25, 0.3) is 21.8 Å². The van der Waals surface area contributed by atoms with Gasteiger partial charge < -0.3 is 24.5 Å². The summed E-state index contributed by atoms with van der Waals surface area (Å²) in [6.07, 6.45) is 0.707. The quantitative estimate of drug-likeness (QED) is 0.346. The molecule has 0 radical (unpaired) electrons. The molecule has 42 heavy (non-hydrogen) atoms. The summed E-state index contributed by atoms with van der Waals surface area (Å²) in [6.45, 7) is 4.08. The van der Waals surface area contributed by atoms with Crippen molar-refractivity contribution in [1.82, 2.24) is 14.9 Å². The molecule has 0 bridgehead atoms. The Morgan fingerprint density at radius 3 is 2.52 bits per heavy atom. The van der Waals surface area contributed by atoms with E-state index in [-0.39, 0.29) is 41.0 Å². The molecule has 1 aliphatic rings. The Kier molecular flexibility index (Phi) is 9.80. The van der Waals surface area contributed by atoms with Gasteiger partial charge in [0.1, 0.15) is 17.7 Å². The molecule has 4 rings (SSSR count). The van der Waals surface area contributed by atoms with Crippen LogP contribution in [0.15, 0.2) is 51.8 Å². The number of halogens is 1. The molecule has 226 valence electrons. The highest BCUT2D eigenvalue weighted by Gasteiger charge is 2.43. The number of ketones is 1. The van der Waals surface area contributed by atoms with Crippen LogP contribution in [0.2, 0.25) is 5.02 Å². The number of nitrogens with one attached hydrogen (secondary N) is 2. The first kappa shape index (κ1) is 31.3. The summed E-state index contributed by atoms with van der Waals surface area (Å²) in [5.74, 6) is -1.46. The van der Waals surface area contributed by atoms with Crippen molar-refractivity contribution in [2.75, 3.05) is 27.3 Å². The van der Waals surface area contributed by atoms with Crippen LogP contribution in [-0.4, -0.2) is 69.7 Å². The predicted molar refractivity (Wildman–Crippen MR) is 156 cm³/mol. The van der Waals surface area contributed by atoms with Crippen LogP contribution in [0.5, 0.6) is 11.5 Å². The number of rotatable bonds is 10. The minimum atomic E-state index is -4.54. The third kappa shape index (κ3) is 6.71. The van der Waals surface area contributed by atoms with Gasteiger partial charge in [0.15, 0.2) is 23.0 Å². The maximum absolute atomic E-state index is 14.2. The topological polar surface area (TPSA) is 144 Å². The van der Waals surface area contributed by atoms with Crippen LogP contribution in [0.25, 0.3) is 11.0 Å². The van der Waals surface area contributed by atoms with Gasteiger partial charge >= 0.3 is 0 Å². The third-order valence-electron chi connectivity index (χ3n) is 6.91. The van der Waals surface area contributed by atoms with Gasteiger partial charge in [-0.15, -0.1) is 0 Å². The number of carbonyl (C=O) groups is 3. The number of amides is 2. The number of ether oxygens (including phenoxy) is 2. The number of furan rings is 1. The summed E-state index contributed by atoms with van der Waals surface area (Å²) >= 11 is 6.09. The van der Waals surface area contributed by atoms with Gasteiger partial charge in [-0.3, -0.25) is 14.4 Å². The Hall–Kier alpha value is -3.61. The van der Waals surface area contributed by atoms with E-state index in [2.05, 4.69) is 10.6 Å². The summed E-state index contributed by atoms with van der Waals surface area (Å²) in [5.41, 5.74) is 0.353. The van der Waals surface area contributed by atoms with Gasteiger partial charge in [-0.1, -0.05) is 31.5 Å². The van der Waals surface area contributed by atoms with Crippen LogP contribution in [0.3, 0.4) is 0 Å². The van der Waals surface area contributed by atoms with E-state index < -0.39 is 39.7 Å². The Morgan fingerprint density at radius 1 is 1.14 bits per heavy atom. The van der Waals surface area contributed by atoms with Gasteiger partial charge in [0, 0.05) is 16.5 Å². The summed E-state index contributed by atoms with van der Waals surface area (Å²) in [6, 6.07) is 7.67. The fraction of sp³-hybridized carbons (Fsp3) is 0.414.